The summed E-state index contributed by atoms with van der Waals surface area (Å²) in [6, 6.07) is 8.80. The van der Waals surface area contributed by atoms with Gasteiger partial charge in [-0.3, -0.25) is 4.90 Å². The number of piperidine rings is 3. The lowest BCUT2D eigenvalue weighted by atomic mass is 9.86. The first kappa shape index (κ1) is 13.7. The zero-order valence-electron chi connectivity index (χ0n) is 12.9. The summed E-state index contributed by atoms with van der Waals surface area (Å²) in [4.78, 5) is 11.3. The fourth-order valence-corrected chi connectivity index (χ4v) is 3.59. The number of fused-ring (bicyclic) bond motifs is 3. The summed E-state index contributed by atoms with van der Waals surface area (Å²) in [6.07, 6.45) is 6.47. The SMILES string of the molecule is Cc1ccccc1-c1cnc(OC2CN3CCC2CC3)nc1. The summed E-state index contributed by atoms with van der Waals surface area (Å²) < 4.78 is 6.05. The van der Waals surface area contributed by atoms with Crippen molar-refractivity contribution in [2.24, 2.45) is 5.92 Å². The smallest absolute Gasteiger partial charge is 0.316 e. The van der Waals surface area contributed by atoms with Gasteiger partial charge in [0.05, 0.1) is 0 Å². The Morgan fingerprint density at radius 3 is 2.45 bits per heavy atom. The average Bonchev–Trinajstić information content (AvgIpc) is 2.57. The molecule has 0 radical (unpaired) electrons. The standard InChI is InChI=1S/C18H21N3O/c1-13-4-2-3-5-16(13)15-10-19-18(20-11-15)22-17-12-21-8-6-14(17)7-9-21/h2-5,10-11,14,17H,6-9,12H2,1H3. The molecule has 4 heterocycles. The number of aromatic nitrogens is 2. The first-order valence-electron chi connectivity index (χ1n) is 8.06. The van der Waals surface area contributed by atoms with Crippen molar-refractivity contribution >= 4 is 0 Å². The fourth-order valence-electron chi connectivity index (χ4n) is 3.59. The Labute approximate surface area is 131 Å². The van der Waals surface area contributed by atoms with E-state index in [9.17, 15) is 0 Å². The van der Waals surface area contributed by atoms with Gasteiger partial charge in [0.1, 0.15) is 6.10 Å². The van der Waals surface area contributed by atoms with Crippen molar-refractivity contribution in [2.75, 3.05) is 19.6 Å². The van der Waals surface area contributed by atoms with E-state index >= 15 is 0 Å². The van der Waals surface area contributed by atoms with Crippen LogP contribution in [0.2, 0.25) is 0 Å². The maximum Gasteiger partial charge on any atom is 0.316 e. The Bertz CT molecular complexity index is 648. The van der Waals surface area contributed by atoms with Crippen LogP contribution in [-0.2, 0) is 0 Å². The molecule has 0 aliphatic carbocycles. The molecule has 2 bridgehead atoms. The molecule has 4 nitrogen and oxygen atoms in total. The average molecular weight is 295 g/mol. The highest BCUT2D eigenvalue weighted by Gasteiger charge is 2.35. The third-order valence-corrected chi connectivity index (χ3v) is 4.94. The van der Waals surface area contributed by atoms with Crippen LogP contribution in [-0.4, -0.2) is 40.6 Å². The molecule has 3 fully saturated rings. The molecule has 0 N–H and O–H groups in total. The molecule has 0 amide bonds. The number of aryl methyl sites for hydroxylation is 1. The molecule has 22 heavy (non-hydrogen) atoms. The van der Waals surface area contributed by atoms with Crippen LogP contribution in [0.1, 0.15) is 18.4 Å². The lowest BCUT2D eigenvalue weighted by Crippen LogP contribution is -2.52. The summed E-state index contributed by atoms with van der Waals surface area (Å²) in [7, 11) is 0. The van der Waals surface area contributed by atoms with E-state index in [1.807, 2.05) is 24.5 Å². The number of benzene rings is 1. The van der Waals surface area contributed by atoms with Gasteiger partial charge in [-0.05, 0) is 49.9 Å². The number of hydrogen-bond acceptors (Lipinski definition) is 4. The first-order chi connectivity index (χ1) is 10.8. The van der Waals surface area contributed by atoms with Crippen LogP contribution in [0.4, 0.5) is 0 Å². The van der Waals surface area contributed by atoms with E-state index in [0.29, 0.717) is 11.9 Å². The van der Waals surface area contributed by atoms with Gasteiger partial charge in [0.2, 0.25) is 0 Å². The van der Waals surface area contributed by atoms with Gasteiger partial charge < -0.3 is 4.74 Å². The van der Waals surface area contributed by atoms with Gasteiger partial charge in [0, 0.05) is 24.5 Å². The molecule has 4 heteroatoms. The third-order valence-electron chi connectivity index (χ3n) is 4.94. The van der Waals surface area contributed by atoms with E-state index in [4.69, 9.17) is 4.74 Å². The molecule has 3 saturated heterocycles. The molecule has 3 aliphatic heterocycles. The minimum Gasteiger partial charge on any atom is -0.458 e. The number of hydrogen-bond donors (Lipinski definition) is 0. The van der Waals surface area contributed by atoms with E-state index in [0.717, 1.165) is 12.1 Å². The zero-order chi connectivity index (χ0) is 14.9. The predicted octanol–water partition coefficient (Wildman–Crippen LogP) is 2.93. The maximum absolute atomic E-state index is 6.05. The highest BCUT2D eigenvalue weighted by atomic mass is 16.5. The summed E-state index contributed by atoms with van der Waals surface area (Å²) in [5, 5.41) is 0. The molecule has 1 aromatic heterocycles. The number of ether oxygens (including phenoxy) is 1. The molecule has 3 aliphatic rings. The topological polar surface area (TPSA) is 38.2 Å². The monoisotopic (exact) mass is 295 g/mol. The zero-order valence-corrected chi connectivity index (χ0v) is 12.9. The van der Waals surface area contributed by atoms with Crippen molar-refractivity contribution in [3.8, 4) is 17.1 Å². The quantitative estimate of drug-likeness (QED) is 0.872. The van der Waals surface area contributed by atoms with Crippen LogP contribution in [0.3, 0.4) is 0 Å². The largest absolute Gasteiger partial charge is 0.458 e. The lowest BCUT2D eigenvalue weighted by molar-refractivity contribution is -0.0123. The van der Waals surface area contributed by atoms with Crippen LogP contribution < -0.4 is 4.74 Å². The molecule has 1 atom stereocenters. The predicted molar refractivity (Wildman–Crippen MR) is 85.8 cm³/mol. The van der Waals surface area contributed by atoms with Crippen LogP contribution >= 0.6 is 0 Å². The minimum atomic E-state index is 0.256. The van der Waals surface area contributed by atoms with Gasteiger partial charge in [-0.15, -0.1) is 0 Å². The van der Waals surface area contributed by atoms with Crippen molar-refractivity contribution in [2.45, 2.75) is 25.9 Å². The van der Waals surface area contributed by atoms with Crippen molar-refractivity contribution in [3.63, 3.8) is 0 Å². The van der Waals surface area contributed by atoms with Gasteiger partial charge in [-0.25, -0.2) is 9.97 Å². The lowest BCUT2D eigenvalue weighted by Gasteiger charge is -2.43. The van der Waals surface area contributed by atoms with E-state index in [-0.39, 0.29) is 6.10 Å². The van der Waals surface area contributed by atoms with E-state index < -0.39 is 0 Å². The van der Waals surface area contributed by atoms with Crippen molar-refractivity contribution in [3.05, 3.63) is 42.2 Å². The Balaban J connectivity index is 1.49. The van der Waals surface area contributed by atoms with E-state index in [1.54, 1.807) is 0 Å². The summed E-state index contributed by atoms with van der Waals surface area (Å²) in [5.41, 5.74) is 3.45. The summed E-state index contributed by atoms with van der Waals surface area (Å²) in [6.45, 7) is 5.57. The second-order valence-corrected chi connectivity index (χ2v) is 6.36. The summed E-state index contributed by atoms with van der Waals surface area (Å²) in [5.74, 6) is 0.671. The Hall–Kier alpha value is -1.94. The highest BCUT2D eigenvalue weighted by Crippen LogP contribution is 2.30. The molecular weight excluding hydrogens is 274 g/mol. The maximum atomic E-state index is 6.05. The summed E-state index contributed by atoms with van der Waals surface area (Å²) >= 11 is 0. The molecule has 114 valence electrons. The van der Waals surface area contributed by atoms with Crippen molar-refractivity contribution < 1.29 is 4.74 Å². The van der Waals surface area contributed by atoms with Crippen LogP contribution in [0.5, 0.6) is 6.01 Å². The molecule has 2 aromatic rings. The van der Waals surface area contributed by atoms with E-state index in [2.05, 4.69) is 33.9 Å². The highest BCUT2D eigenvalue weighted by molar-refractivity contribution is 5.65. The van der Waals surface area contributed by atoms with Gasteiger partial charge in [-0.1, -0.05) is 24.3 Å². The second-order valence-electron chi connectivity index (χ2n) is 6.36. The third kappa shape index (κ3) is 2.59. The molecule has 0 spiro atoms. The number of rotatable bonds is 3. The van der Waals surface area contributed by atoms with Crippen molar-refractivity contribution in [1.29, 1.82) is 0 Å². The molecule has 5 rings (SSSR count). The van der Waals surface area contributed by atoms with Crippen LogP contribution in [0.15, 0.2) is 36.7 Å². The molecular formula is C18H21N3O. The van der Waals surface area contributed by atoms with Gasteiger partial charge in [0.15, 0.2) is 0 Å². The van der Waals surface area contributed by atoms with Crippen LogP contribution in [0.25, 0.3) is 11.1 Å². The minimum absolute atomic E-state index is 0.256. The first-order valence-corrected chi connectivity index (χ1v) is 8.06. The van der Waals surface area contributed by atoms with Gasteiger partial charge >= 0.3 is 6.01 Å². The Kier molecular flexibility index (Phi) is 3.54. The van der Waals surface area contributed by atoms with Gasteiger partial charge in [0.25, 0.3) is 0 Å². The fraction of sp³-hybridized carbons (Fsp3) is 0.444. The Morgan fingerprint density at radius 1 is 1.09 bits per heavy atom. The second kappa shape index (κ2) is 5.69. The molecule has 1 unspecified atom stereocenters. The van der Waals surface area contributed by atoms with E-state index in [1.165, 1.54) is 37.1 Å². The van der Waals surface area contributed by atoms with Crippen molar-refractivity contribution in [1.82, 2.24) is 14.9 Å². The molecule has 0 saturated carbocycles. The van der Waals surface area contributed by atoms with Crippen LogP contribution in [0, 0.1) is 12.8 Å². The Morgan fingerprint density at radius 2 is 1.82 bits per heavy atom. The number of nitrogens with zero attached hydrogens (tertiary/aromatic N) is 3. The normalized spacial score (nSPS) is 26.9. The van der Waals surface area contributed by atoms with Gasteiger partial charge in [-0.2, -0.15) is 0 Å². The molecule has 1 aromatic carbocycles.